The number of rotatable bonds is 8. The first-order valence-corrected chi connectivity index (χ1v) is 21.1. The Labute approximate surface area is 346 Å². The molecule has 0 saturated carbocycles. The van der Waals surface area contributed by atoms with E-state index in [2.05, 4.69) is 194 Å². The highest BCUT2D eigenvalue weighted by Gasteiger charge is 2.60. The average Bonchev–Trinajstić information content (AvgIpc) is 3.95. The van der Waals surface area contributed by atoms with Crippen LogP contribution in [0.15, 0.2) is 194 Å². The maximum Gasteiger partial charge on any atom is 0.0569 e. The van der Waals surface area contributed by atoms with Crippen molar-refractivity contribution in [1.29, 1.82) is 0 Å². The second kappa shape index (κ2) is 12.6. The molecule has 0 spiro atoms. The molecule has 59 heavy (non-hydrogen) atoms. The largest absolute Gasteiger partial charge is 0.395 e. The van der Waals surface area contributed by atoms with Gasteiger partial charge in [0.05, 0.1) is 13.2 Å². The molecule has 0 radical (unpaired) electrons. The Hall–Kier alpha value is -6.32. The van der Waals surface area contributed by atoms with Gasteiger partial charge in [0.2, 0.25) is 0 Å². The first kappa shape index (κ1) is 34.7. The van der Waals surface area contributed by atoms with Crippen LogP contribution < -0.4 is 0 Å². The Morgan fingerprint density at radius 3 is 0.559 bits per heavy atom. The molecule has 8 aromatic rings. The van der Waals surface area contributed by atoms with Crippen molar-refractivity contribution in [2.24, 2.45) is 0 Å². The number of hydrogen-bond donors (Lipinski definition) is 2. The van der Waals surface area contributed by atoms with Crippen LogP contribution in [0.4, 0.5) is 0 Å². The van der Waals surface area contributed by atoms with Gasteiger partial charge < -0.3 is 10.2 Å². The van der Waals surface area contributed by atoms with E-state index in [1.54, 1.807) is 0 Å². The van der Waals surface area contributed by atoms with Crippen LogP contribution in [0.2, 0.25) is 0 Å². The monoisotopic (exact) mass is 760 g/mol. The predicted molar refractivity (Wildman–Crippen MR) is 239 cm³/mol. The molecular formula is C57H44O2. The highest BCUT2D eigenvalue weighted by molar-refractivity contribution is 5.87. The van der Waals surface area contributed by atoms with Gasteiger partial charge in [0.1, 0.15) is 0 Å². The zero-order valence-corrected chi connectivity index (χ0v) is 32.9. The zero-order valence-electron chi connectivity index (χ0n) is 32.9. The lowest BCUT2D eigenvalue weighted by molar-refractivity contribution is 0.162. The molecule has 0 heterocycles. The van der Waals surface area contributed by atoms with Gasteiger partial charge in [-0.15, -0.1) is 0 Å². The highest BCUT2D eigenvalue weighted by Crippen LogP contribution is 2.67. The van der Waals surface area contributed by atoms with Crippen LogP contribution in [0.3, 0.4) is 0 Å². The van der Waals surface area contributed by atoms with Crippen molar-refractivity contribution < 1.29 is 10.2 Å². The van der Waals surface area contributed by atoms with E-state index in [1.165, 1.54) is 89.0 Å². The summed E-state index contributed by atoms with van der Waals surface area (Å²) in [6, 6.07) is 71.3. The molecule has 284 valence electrons. The van der Waals surface area contributed by atoms with Gasteiger partial charge in [-0.05, 0) is 108 Å². The number of aliphatic hydroxyl groups excluding tert-OH is 2. The van der Waals surface area contributed by atoms with Gasteiger partial charge in [0.25, 0.3) is 0 Å². The van der Waals surface area contributed by atoms with Crippen molar-refractivity contribution >= 4 is 0 Å². The quantitative estimate of drug-likeness (QED) is 0.162. The fraction of sp³-hybridized carbons (Fsp3) is 0.158. The number of hydrogen-bond acceptors (Lipinski definition) is 2. The fourth-order valence-corrected chi connectivity index (χ4v) is 12.9. The smallest absolute Gasteiger partial charge is 0.0569 e. The summed E-state index contributed by atoms with van der Waals surface area (Å²) < 4.78 is 0. The Morgan fingerprint density at radius 2 is 0.373 bits per heavy atom. The predicted octanol–water partition coefficient (Wildman–Crippen LogP) is 12.0. The molecular weight excluding hydrogens is 717 g/mol. The van der Waals surface area contributed by atoms with E-state index >= 15 is 0 Å². The molecule has 0 fully saturated rings. The molecule has 0 bridgehead atoms. The second-order valence-corrected chi connectivity index (χ2v) is 17.5. The van der Waals surface area contributed by atoms with E-state index in [4.69, 9.17) is 0 Å². The van der Waals surface area contributed by atoms with Crippen molar-refractivity contribution in [2.75, 3.05) is 13.2 Å². The molecule has 4 aliphatic carbocycles. The van der Waals surface area contributed by atoms with Gasteiger partial charge >= 0.3 is 0 Å². The summed E-state index contributed by atoms with van der Waals surface area (Å²) in [6.45, 7) is -0.0385. The Balaban J connectivity index is 1.19. The summed E-state index contributed by atoms with van der Waals surface area (Å²) in [5.74, 6) is 0. The molecule has 2 N–H and O–H groups in total. The molecule has 2 nitrogen and oxygen atoms in total. The van der Waals surface area contributed by atoms with Crippen LogP contribution in [0, 0.1) is 0 Å². The fourth-order valence-electron chi connectivity index (χ4n) is 12.9. The third-order valence-corrected chi connectivity index (χ3v) is 15.1. The van der Waals surface area contributed by atoms with E-state index in [9.17, 15) is 10.2 Å². The maximum absolute atomic E-state index is 12.2. The Morgan fingerprint density at radius 1 is 0.220 bits per heavy atom. The molecule has 2 heteroatoms. The first-order chi connectivity index (χ1) is 29.1. The summed E-state index contributed by atoms with van der Waals surface area (Å²) in [4.78, 5) is 0. The molecule has 0 aliphatic heterocycles. The number of benzene rings is 8. The van der Waals surface area contributed by atoms with Crippen molar-refractivity contribution in [3.63, 3.8) is 0 Å². The van der Waals surface area contributed by atoms with E-state index < -0.39 is 21.7 Å². The molecule has 0 saturated heterocycles. The van der Waals surface area contributed by atoms with Crippen LogP contribution in [0.5, 0.6) is 0 Å². The van der Waals surface area contributed by atoms with Crippen LogP contribution in [0.1, 0.15) is 63.8 Å². The average molecular weight is 761 g/mol. The van der Waals surface area contributed by atoms with Crippen molar-refractivity contribution in [3.8, 4) is 44.5 Å². The van der Waals surface area contributed by atoms with Crippen molar-refractivity contribution in [1.82, 2.24) is 0 Å². The minimum atomic E-state index is -0.683. The third kappa shape index (κ3) is 4.43. The van der Waals surface area contributed by atoms with Crippen LogP contribution in [0.25, 0.3) is 44.5 Å². The van der Waals surface area contributed by atoms with E-state index in [1.807, 2.05) is 0 Å². The Bertz CT molecular complexity index is 2600. The van der Waals surface area contributed by atoms with Gasteiger partial charge in [-0.25, -0.2) is 0 Å². The maximum atomic E-state index is 12.2. The van der Waals surface area contributed by atoms with Crippen molar-refractivity contribution in [2.45, 2.75) is 40.9 Å². The van der Waals surface area contributed by atoms with Gasteiger partial charge in [-0.3, -0.25) is 0 Å². The number of aliphatic hydroxyl groups is 2. The highest BCUT2D eigenvalue weighted by atomic mass is 16.3. The minimum absolute atomic E-state index is 0.0192. The molecule has 0 aromatic heterocycles. The SMILES string of the molecule is OCC1(CC2(CC3(CC4(CO)c5ccccc5-c5ccccc54)c4ccccc4-c4ccccc43)c3ccccc3-c3ccccc32)c2ccccc2-c2ccccc21. The van der Waals surface area contributed by atoms with Crippen LogP contribution in [-0.4, -0.2) is 23.4 Å². The minimum Gasteiger partial charge on any atom is -0.395 e. The van der Waals surface area contributed by atoms with E-state index in [-0.39, 0.29) is 13.2 Å². The van der Waals surface area contributed by atoms with Crippen LogP contribution in [-0.2, 0) is 21.7 Å². The van der Waals surface area contributed by atoms with Gasteiger partial charge in [0.15, 0.2) is 0 Å². The summed E-state index contributed by atoms with van der Waals surface area (Å²) in [5, 5.41) is 24.4. The lowest BCUT2D eigenvalue weighted by atomic mass is 9.53. The van der Waals surface area contributed by atoms with E-state index in [0.29, 0.717) is 12.8 Å². The molecule has 0 atom stereocenters. The van der Waals surface area contributed by atoms with Gasteiger partial charge in [-0.2, -0.15) is 0 Å². The third-order valence-electron chi connectivity index (χ3n) is 15.1. The molecule has 4 aliphatic rings. The molecule has 0 amide bonds. The Kier molecular flexibility index (Phi) is 7.40. The standard InChI is InChI=1S/C57H44O2/c58-36-56(50-29-13-5-21-42(50)43-22-6-14-30-51(43)56)34-54(46-25-9-1-17-38(46)39-18-2-10-26-47(39)54)33-55(48-27-11-3-19-40(48)41-20-4-12-28-49(41)55)35-57(37-59)52-31-15-7-23-44(52)45-24-8-16-32-53(45)57/h1-32,58-59H,33-37H2. The summed E-state index contributed by atoms with van der Waals surface area (Å²) >= 11 is 0. The number of fused-ring (bicyclic) bond motifs is 12. The van der Waals surface area contributed by atoms with E-state index in [0.717, 1.165) is 6.42 Å². The second-order valence-electron chi connectivity index (χ2n) is 17.5. The van der Waals surface area contributed by atoms with Crippen LogP contribution >= 0.6 is 0 Å². The van der Waals surface area contributed by atoms with Gasteiger partial charge in [-0.1, -0.05) is 194 Å². The lowest BCUT2D eigenvalue weighted by Crippen LogP contribution is -2.47. The summed E-state index contributed by atoms with van der Waals surface area (Å²) in [6.07, 6.45) is 2.08. The van der Waals surface area contributed by atoms with Gasteiger partial charge in [0, 0.05) is 21.7 Å². The molecule has 0 unspecified atom stereocenters. The zero-order chi connectivity index (χ0) is 39.4. The normalized spacial score (nSPS) is 16.8. The first-order valence-electron chi connectivity index (χ1n) is 21.1. The molecule has 8 aromatic carbocycles. The topological polar surface area (TPSA) is 40.5 Å². The summed E-state index contributed by atoms with van der Waals surface area (Å²) in [7, 11) is 0. The summed E-state index contributed by atoms with van der Waals surface area (Å²) in [5.41, 5.74) is 17.4. The lowest BCUT2D eigenvalue weighted by Gasteiger charge is -2.49. The van der Waals surface area contributed by atoms with Crippen molar-refractivity contribution in [3.05, 3.63) is 239 Å². The molecule has 12 rings (SSSR count).